The van der Waals surface area contributed by atoms with Gasteiger partial charge in [-0.15, -0.1) is 0 Å². The Morgan fingerprint density at radius 1 is 1.18 bits per heavy atom. The number of hydrogen-bond acceptors (Lipinski definition) is 2. The molecule has 1 fully saturated rings. The number of anilines is 1. The second kappa shape index (κ2) is 5.00. The van der Waals surface area contributed by atoms with Crippen molar-refractivity contribution in [3.63, 3.8) is 0 Å². The molecule has 94 valence electrons. The molecule has 1 N–H and O–H groups in total. The number of aliphatic hydroxyl groups excluding tert-OH is 1. The van der Waals surface area contributed by atoms with Crippen LogP contribution in [0.2, 0.25) is 0 Å². The first-order chi connectivity index (χ1) is 8.08. The van der Waals surface area contributed by atoms with Gasteiger partial charge < -0.3 is 10.0 Å². The van der Waals surface area contributed by atoms with Gasteiger partial charge in [0.2, 0.25) is 0 Å². The fourth-order valence-corrected chi connectivity index (χ4v) is 2.40. The molecule has 0 saturated heterocycles. The first-order valence-corrected chi connectivity index (χ1v) is 5.94. The van der Waals surface area contributed by atoms with Crippen LogP contribution in [0.5, 0.6) is 0 Å². The number of aliphatic hydroxyl groups is 1. The van der Waals surface area contributed by atoms with Crippen LogP contribution in [0.1, 0.15) is 25.7 Å². The maximum atomic E-state index is 13.6. The molecule has 0 atom stereocenters. The lowest BCUT2D eigenvalue weighted by molar-refractivity contribution is 0.122. The van der Waals surface area contributed by atoms with Gasteiger partial charge in [-0.1, -0.05) is 0 Å². The summed E-state index contributed by atoms with van der Waals surface area (Å²) in [7, 11) is 1.78. The first-order valence-electron chi connectivity index (χ1n) is 5.94. The van der Waals surface area contributed by atoms with Crippen LogP contribution in [0, 0.1) is 11.6 Å². The van der Waals surface area contributed by atoms with E-state index in [1.807, 2.05) is 0 Å². The molecule has 1 aromatic rings. The molecular formula is C13H17F2NO. The van der Waals surface area contributed by atoms with Crippen molar-refractivity contribution in [1.82, 2.24) is 0 Å². The van der Waals surface area contributed by atoms with Gasteiger partial charge in [0.15, 0.2) is 0 Å². The summed E-state index contributed by atoms with van der Waals surface area (Å²) in [6.45, 7) is 0. The molecule has 1 aromatic carbocycles. The largest absolute Gasteiger partial charge is 0.393 e. The Morgan fingerprint density at radius 2 is 1.82 bits per heavy atom. The fourth-order valence-electron chi connectivity index (χ4n) is 2.40. The average Bonchev–Trinajstić information content (AvgIpc) is 2.32. The van der Waals surface area contributed by atoms with Gasteiger partial charge in [-0.2, -0.15) is 0 Å². The van der Waals surface area contributed by atoms with Crippen molar-refractivity contribution in [2.45, 2.75) is 37.8 Å². The van der Waals surface area contributed by atoms with Crippen molar-refractivity contribution in [3.05, 3.63) is 29.8 Å². The Morgan fingerprint density at radius 3 is 2.47 bits per heavy atom. The van der Waals surface area contributed by atoms with E-state index < -0.39 is 11.6 Å². The minimum Gasteiger partial charge on any atom is -0.393 e. The molecule has 0 unspecified atom stereocenters. The maximum Gasteiger partial charge on any atom is 0.146 e. The summed E-state index contributed by atoms with van der Waals surface area (Å²) in [6.07, 6.45) is 2.84. The van der Waals surface area contributed by atoms with E-state index in [2.05, 4.69) is 0 Å². The van der Waals surface area contributed by atoms with Gasteiger partial charge in [0, 0.05) is 19.2 Å². The molecular weight excluding hydrogens is 224 g/mol. The van der Waals surface area contributed by atoms with Gasteiger partial charge in [-0.05, 0) is 37.8 Å². The number of benzene rings is 1. The van der Waals surface area contributed by atoms with Gasteiger partial charge in [0.1, 0.15) is 11.6 Å². The van der Waals surface area contributed by atoms with E-state index in [1.165, 1.54) is 6.07 Å². The van der Waals surface area contributed by atoms with Crippen LogP contribution in [0.25, 0.3) is 0 Å². The van der Waals surface area contributed by atoms with Crippen molar-refractivity contribution in [1.29, 1.82) is 0 Å². The lowest BCUT2D eigenvalue weighted by Crippen LogP contribution is -2.36. The lowest BCUT2D eigenvalue weighted by atomic mass is 9.92. The lowest BCUT2D eigenvalue weighted by Gasteiger charge is -2.34. The van der Waals surface area contributed by atoms with Crippen molar-refractivity contribution < 1.29 is 13.9 Å². The molecule has 1 saturated carbocycles. The van der Waals surface area contributed by atoms with E-state index in [4.69, 9.17) is 0 Å². The normalized spacial score (nSPS) is 24.7. The second-order valence-electron chi connectivity index (χ2n) is 4.67. The molecule has 0 radical (unpaired) electrons. The van der Waals surface area contributed by atoms with Crippen LogP contribution in [-0.2, 0) is 0 Å². The molecule has 1 aliphatic rings. The molecule has 0 heterocycles. The van der Waals surface area contributed by atoms with Crippen LogP contribution < -0.4 is 4.90 Å². The Labute approximate surface area is 99.9 Å². The second-order valence-corrected chi connectivity index (χ2v) is 4.67. The van der Waals surface area contributed by atoms with Gasteiger partial charge >= 0.3 is 0 Å². The Kier molecular flexibility index (Phi) is 3.62. The highest BCUT2D eigenvalue weighted by Gasteiger charge is 2.24. The molecule has 1 aliphatic carbocycles. The molecule has 0 amide bonds. The van der Waals surface area contributed by atoms with E-state index in [1.54, 1.807) is 11.9 Å². The zero-order valence-electron chi connectivity index (χ0n) is 9.87. The highest BCUT2D eigenvalue weighted by molar-refractivity contribution is 5.48. The molecule has 0 spiro atoms. The molecule has 0 aromatic heterocycles. The standard InChI is InChI=1S/C13H17F2NO/c1-16(10-3-5-11(17)6-4-10)13-8-9(14)2-7-12(13)15/h2,7-8,10-11,17H,3-6H2,1H3. The fraction of sp³-hybridized carbons (Fsp3) is 0.538. The van der Waals surface area contributed by atoms with Gasteiger partial charge in [-0.25, -0.2) is 8.78 Å². The number of halogens is 2. The molecule has 4 heteroatoms. The highest BCUT2D eigenvalue weighted by Crippen LogP contribution is 2.28. The third-order valence-corrected chi connectivity index (χ3v) is 3.50. The zero-order valence-corrected chi connectivity index (χ0v) is 9.87. The summed E-state index contributed by atoms with van der Waals surface area (Å²) in [5.41, 5.74) is 0.298. The van der Waals surface area contributed by atoms with Crippen LogP contribution in [0.3, 0.4) is 0 Å². The minimum absolute atomic E-state index is 0.176. The molecule has 2 rings (SSSR count). The minimum atomic E-state index is -0.427. The van der Waals surface area contributed by atoms with E-state index in [0.717, 1.165) is 37.8 Å². The van der Waals surface area contributed by atoms with E-state index in [-0.39, 0.29) is 12.1 Å². The average molecular weight is 241 g/mol. The predicted octanol–water partition coefficient (Wildman–Crippen LogP) is 2.70. The number of hydrogen-bond donors (Lipinski definition) is 1. The Balaban J connectivity index is 2.13. The summed E-state index contributed by atoms with van der Waals surface area (Å²) in [4.78, 5) is 1.78. The maximum absolute atomic E-state index is 13.6. The van der Waals surface area contributed by atoms with Crippen LogP contribution in [0.15, 0.2) is 18.2 Å². The van der Waals surface area contributed by atoms with Crippen molar-refractivity contribution in [2.75, 3.05) is 11.9 Å². The smallest absolute Gasteiger partial charge is 0.146 e. The summed E-state index contributed by atoms with van der Waals surface area (Å²) in [5, 5.41) is 9.43. The van der Waals surface area contributed by atoms with Crippen molar-refractivity contribution in [2.24, 2.45) is 0 Å². The summed E-state index contributed by atoms with van der Waals surface area (Å²) >= 11 is 0. The third kappa shape index (κ3) is 2.75. The van der Waals surface area contributed by atoms with Crippen molar-refractivity contribution >= 4 is 5.69 Å². The van der Waals surface area contributed by atoms with E-state index >= 15 is 0 Å². The molecule has 17 heavy (non-hydrogen) atoms. The van der Waals surface area contributed by atoms with Gasteiger partial charge in [0.05, 0.1) is 11.8 Å². The number of nitrogens with zero attached hydrogens (tertiary/aromatic N) is 1. The number of rotatable bonds is 2. The highest BCUT2D eigenvalue weighted by atomic mass is 19.1. The molecule has 2 nitrogen and oxygen atoms in total. The third-order valence-electron chi connectivity index (χ3n) is 3.50. The summed E-state index contributed by atoms with van der Waals surface area (Å²) in [6, 6.07) is 3.67. The first kappa shape index (κ1) is 12.3. The summed E-state index contributed by atoms with van der Waals surface area (Å²) in [5.74, 6) is -0.830. The van der Waals surface area contributed by atoms with E-state index in [0.29, 0.717) is 5.69 Å². The van der Waals surface area contributed by atoms with E-state index in [9.17, 15) is 13.9 Å². The zero-order chi connectivity index (χ0) is 12.4. The van der Waals surface area contributed by atoms with Crippen LogP contribution in [-0.4, -0.2) is 24.3 Å². The Bertz CT molecular complexity index is 389. The van der Waals surface area contributed by atoms with Gasteiger partial charge in [-0.3, -0.25) is 0 Å². The monoisotopic (exact) mass is 241 g/mol. The predicted molar refractivity (Wildman–Crippen MR) is 63.0 cm³/mol. The van der Waals surface area contributed by atoms with Crippen LogP contribution in [0.4, 0.5) is 14.5 Å². The summed E-state index contributed by atoms with van der Waals surface area (Å²) < 4.78 is 26.7. The quantitative estimate of drug-likeness (QED) is 0.860. The molecule has 0 bridgehead atoms. The van der Waals surface area contributed by atoms with Crippen LogP contribution >= 0.6 is 0 Å². The van der Waals surface area contributed by atoms with Crippen molar-refractivity contribution in [3.8, 4) is 0 Å². The molecule has 0 aliphatic heterocycles. The Hall–Kier alpha value is -1.16. The van der Waals surface area contributed by atoms with Gasteiger partial charge in [0.25, 0.3) is 0 Å². The topological polar surface area (TPSA) is 23.5 Å². The SMILES string of the molecule is CN(c1cc(F)ccc1F)C1CCC(O)CC1.